The summed E-state index contributed by atoms with van der Waals surface area (Å²) >= 11 is 0. The van der Waals surface area contributed by atoms with Gasteiger partial charge < -0.3 is 4.74 Å². The van der Waals surface area contributed by atoms with Crippen LogP contribution in [0.3, 0.4) is 0 Å². The second kappa shape index (κ2) is 7.88. The molecule has 0 spiro atoms. The van der Waals surface area contributed by atoms with Crippen LogP contribution < -0.4 is 0 Å². The molecule has 1 aromatic rings. The smallest absolute Gasteiger partial charge is 0.243 e. The van der Waals surface area contributed by atoms with E-state index in [9.17, 15) is 13.2 Å². The number of benzene rings is 1. The van der Waals surface area contributed by atoms with Gasteiger partial charge in [-0.15, -0.1) is 0 Å². The van der Waals surface area contributed by atoms with Crippen molar-refractivity contribution in [3.05, 3.63) is 29.8 Å². The number of rotatable bonds is 8. The van der Waals surface area contributed by atoms with Gasteiger partial charge in [-0.1, -0.05) is 12.1 Å². The molecule has 6 nitrogen and oxygen atoms in total. The van der Waals surface area contributed by atoms with Crippen LogP contribution in [0.4, 0.5) is 0 Å². The lowest BCUT2D eigenvalue weighted by Gasteiger charge is -2.21. The number of methoxy groups -OCH3 is 1. The number of carbonyl (C=O) groups excluding carboxylic acids is 1. The Kier molecular flexibility index (Phi) is 6.49. The number of nitrogens with zero attached hydrogens (tertiary/aromatic N) is 2. The van der Waals surface area contributed by atoms with Crippen LogP contribution in [0, 0.1) is 11.3 Å². The number of hydrogen-bond acceptors (Lipinski definition) is 5. The minimum Gasteiger partial charge on any atom is -0.383 e. The van der Waals surface area contributed by atoms with Crippen molar-refractivity contribution in [1.29, 1.82) is 5.26 Å². The van der Waals surface area contributed by atoms with E-state index in [2.05, 4.69) is 0 Å². The molecule has 0 radical (unpaired) electrons. The first-order valence-corrected chi connectivity index (χ1v) is 7.84. The van der Waals surface area contributed by atoms with Gasteiger partial charge >= 0.3 is 0 Å². The lowest BCUT2D eigenvalue weighted by atomic mass is 10.2. The molecule has 0 saturated carbocycles. The van der Waals surface area contributed by atoms with Crippen LogP contribution >= 0.6 is 0 Å². The molecule has 0 amide bonds. The zero-order valence-electron chi connectivity index (χ0n) is 12.1. The van der Waals surface area contributed by atoms with E-state index in [1.54, 1.807) is 6.07 Å². The van der Waals surface area contributed by atoms with Gasteiger partial charge in [0.15, 0.2) is 5.78 Å². The molecule has 0 unspecified atom stereocenters. The van der Waals surface area contributed by atoms with Gasteiger partial charge in [0.2, 0.25) is 10.0 Å². The Hall–Kier alpha value is -1.75. The van der Waals surface area contributed by atoms with Crippen LogP contribution in [0.25, 0.3) is 0 Å². The molecule has 0 saturated heterocycles. The normalized spacial score (nSPS) is 11.3. The Labute approximate surface area is 125 Å². The van der Waals surface area contributed by atoms with E-state index >= 15 is 0 Å². The lowest BCUT2D eigenvalue weighted by molar-refractivity contribution is 0.101. The number of sulfonamides is 1. The van der Waals surface area contributed by atoms with Crippen molar-refractivity contribution >= 4 is 15.8 Å². The highest BCUT2D eigenvalue weighted by Gasteiger charge is 2.24. The highest BCUT2D eigenvalue weighted by atomic mass is 32.2. The fraction of sp³-hybridized carbons (Fsp3) is 0.429. The first-order valence-electron chi connectivity index (χ1n) is 6.40. The van der Waals surface area contributed by atoms with E-state index in [1.807, 2.05) is 6.07 Å². The summed E-state index contributed by atoms with van der Waals surface area (Å²) < 4.78 is 31.2. The van der Waals surface area contributed by atoms with E-state index in [0.717, 1.165) is 0 Å². The summed E-state index contributed by atoms with van der Waals surface area (Å²) in [4.78, 5) is 11.4. The van der Waals surface area contributed by atoms with E-state index in [4.69, 9.17) is 10.00 Å². The van der Waals surface area contributed by atoms with Crippen molar-refractivity contribution < 1.29 is 17.9 Å². The van der Waals surface area contributed by atoms with Gasteiger partial charge in [-0.05, 0) is 19.1 Å². The summed E-state index contributed by atoms with van der Waals surface area (Å²) in [7, 11) is -2.27. The van der Waals surface area contributed by atoms with Gasteiger partial charge in [0.05, 0.1) is 17.6 Å². The van der Waals surface area contributed by atoms with Crippen LogP contribution in [-0.2, 0) is 14.8 Å². The van der Waals surface area contributed by atoms with E-state index in [0.29, 0.717) is 5.56 Å². The zero-order chi connectivity index (χ0) is 15.9. The van der Waals surface area contributed by atoms with Gasteiger partial charge in [-0.3, -0.25) is 4.79 Å². The standard InChI is InChI=1S/C14H18N2O4S/c1-12(17)13-5-3-6-14(11-13)21(18,19)16(8-4-7-15)9-10-20-2/h3,5-6,11H,4,8-10H2,1-2H3. The van der Waals surface area contributed by atoms with Crippen LogP contribution in [0.15, 0.2) is 29.2 Å². The SMILES string of the molecule is COCCN(CCC#N)S(=O)(=O)c1cccc(C(C)=O)c1. The average molecular weight is 310 g/mol. The van der Waals surface area contributed by atoms with Crippen molar-refractivity contribution in [2.24, 2.45) is 0 Å². The predicted molar refractivity (Wildman–Crippen MR) is 77.3 cm³/mol. The third-order valence-electron chi connectivity index (χ3n) is 2.90. The molecule has 0 aromatic heterocycles. The maximum absolute atomic E-state index is 12.6. The van der Waals surface area contributed by atoms with Crippen LogP contribution in [-0.4, -0.2) is 45.3 Å². The fourth-order valence-corrected chi connectivity index (χ4v) is 3.22. The molecule has 0 aliphatic rings. The molecule has 0 bridgehead atoms. The summed E-state index contributed by atoms with van der Waals surface area (Å²) in [5.41, 5.74) is 0.336. The van der Waals surface area contributed by atoms with E-state index in [-0.39, 0.29) is 36.8 Å². The average Bonchev–Trinajstić information content (AvgIpc) is 2.47. The third-order valence-corrected chi connectivity index (χ3v) is 4.79. The summed E-state index contributed by atoms with van der Waals surface area (Å²) in [5.74, 6) is -0.201. The molecule has 0 aliphatic heterocycles. The summed E-state index contributed by atoms with van der Waals surface area (Å²) in [6.45, 7) is 1.86. The van der Waals surface area contributed by atoms with Crippen LogP contribution in [0.1, 0.15) is 23.7 Å². The van der Waals surface area contributed by atoms with Crippen molar-refractivity contribution in [3.8, 4) is 6.07 Å². The molecule has 21 heavy (non-hydrogen) atoms. The molecule has 1 rings (SSSR count). The largest absolute Gasteiger partial charge is 0.383 e. The topological polar surface area (TPSA) is 87.5 Å². The second-order valence-corrected chi connectivity index (χ2v) is 6.33. The number of ether oxygens (including phenoxy) is 1. The summed E-state index contributed by atoms with van der Waals surface area (Å²) in [5, 5.41) is 8.65. The Balaban J connectivity index is 3.12. The van der Waals surface area contributed by atoms with Crippen LogP contribution in [0.5, 0.6) is 0 Å². The second-order valence-electron chi connectivity index (χ2n) is 4.39. The molecule has 1 aromatic carbocycles. The van der Waals surface area contributed by atoms with Crippen molar-refractivity contribution in [3.63, 3.8) is 0 Å². The highest BCUT2D eigenvalue weighted by molar-refractivity contribution is 7.89. The molecule has 0 atom stereocenters. The molecular weight excluding hydrogens is 292 g/mol. The molecule has 114 valence electrons. The van der Waals surface area contributed by atoms with E-state index in [1.165, 1.54) is 36.5 Å². The number of ketones is 1. The molecule has 0 N–H and O–H groups in total. The first-order chi connectivity index (χ1) is 9.93. The van der Waals surface area contributed by atoms with Gasteiger partial charge in [-0.2, -0.15) is 9.57 Å². The zero-order valence-corrected chi connectivity index (χ0v) is 12.9. The third kappa shape index (κ3) is 4.63. The minimum atomic E-state index is -3.75. The maximum Gasteiger partial charge on any atom is 0.243 e. The Morgan fingerprint density at radius 1 is 1.38 bits per heavy atom. The van der Waals surface area contributed by atoms with Crippen LogP contribution in [0.2, 0.25) is 0 Å². The van der Waals surface area contributed by atoms with Gasteiger partial charge in [0.1, 0.15) is 0 Å². The first kappa shape index (κ1) is 17.3. The predicted octanol–water partition coefficient (Wildman–Crippen LogP) is 1.44. The minimum absolute atomic E-state index is 0.0456. The molecule has 0 fully saturated rings. The highest BCUT2D eigenvalue weighted by Crippen LogP contribution is 2.17. The molecule has 0 aliphatic carbocycles. The Morgan fingerprint density at radius 3 is 2.67 bits per heavy atom. The lowest BCUT2D eigenvalue weighted by Crippen LogP contribution is -2.34. The Morgan fingerprint density at radius 2 is 2.10 bits per heavy atom. The van der Waals surface area contributed by atoms with Gasteiger partial charge in [0.25, 0.3) is 0 Å². The molecule has 7 heteroatoms. The van der Waals surface area contributed by atoms with Gasteiger partial charge in [0, 0.05) is 32.2 Å². The summed E-state index contributed by atoms with van der Waals surface area (Å²) in [6.07, 6.45) is 0.0926. The monoisotopic (exact) mass is 310 g/mol. The van der Waals surface area contributed by atoms with Crippen molar-refractivity contribution in [2.75, 3.05) is 26.8 Å². The summed E-state index contributed by atoms with van der Waals surface area (Å²) in [6, 6.07) is 7.81. The van der Waals surface area contributed by atoms with Crippen molar-refractivity contribution in [2.45, 2.75) is 18.2 Å². The number of Topliss-reactive ketones (excluding diaryl/α,β-unsaturated/α-hetero) is 1. The van der Waals surface area contributed by atoms with Gasteiger partial charge in [-0.25, -0.2) is 8.42 Å². The molecular formula is C14H18N2O4S. The number of hydrogen-bond donors (Lipinski definition) is 0. The Bertz CT molecular complexity index is 635. The number of nitriles is 1. The maximum atomic E-state index is 12.6. The van der Waals surface area contributed by atoms with Crippen molar-refractivity contribution in [1.82, 2.24) is 4.31 Å². The molecule has 0 heterocycles. The van der Waals surface area contributed by atoms with E-state index < -0.39 is 10.0 Å². The quantitative estimate of drug-likeness (QED) is 0.678. The number of carbonyl (C=O) groups is 1. The fourth-order valence-electron chi connectivity index (χ4n) is 1.74.